The number of aromatic nitrogens is 1. The molecule has 1 amide bonds. The number of carbonyl (C=O) groups is 1. The molecule has 4 rings (SSSR count). The molecule has 2 aromatic carbocycles. The summed E-state index contributed by atoms with van der Waals surface area (Å²) in [6, 6.07) is 20.7. The number of rotatable bonds is 4. The molecule has 0 spiro atoms. The average Bonchev–Trinajstić information content (AvgIpc) is 3.08. The van der Waals surface area contributed by atoms with E-state index in [2.05, 4.69) is 28.8 Å². The number of para-hydroxylation sites is 1. The Morgan fingerprint density at radius 3 is 2.48 bits per heavy atom. The second-order valence-electron chi connectivity index (χ2n) is 7.27. The molecule has 1 saturated heterocycles. The Kier molecular flexibility index (Phi) is 4.93. The standard InChI is InChI=1S/C23H23N3O/c24-13-10-18-11-14-25(15-12-18)23(27)21-17-26(16-19-6-2-1-3-7-19)22-9-5-4-8-20(21)22/h1-9,17-18H,10-12,14-16H2. The third kappa shape index (κ3) is 3.59. The summed E-state index contributed by atoms with van der Waals surface area (Å²) in [5.41, 5.74) is 3.08. The van der Waals surface area contributed by atoms with E-state index in [1.54, 1.807) is 0 Å². The first kappa shape index (κ1) is 17.4. The summed E-state index contributed by atoms with van der Waals surface area (Å²) >= 11 is 0. The zero-order valence-corrected chi connectivity index (χ0v) is 15.3. The molecule has 0 bridgehead atoms. The Morgan fingerprint density at radius 1 is 1.04 bits per heavy atom. The highest BCUT2D eigenvalue weighted by Crippen LogP contribution is 2.26. The van der Waals surface area contributed by atoms with Crippen molar-refractivity contribution in [2.24, 2.45) is 5.92 Å². The van der Waals surface area contributed by atoms with Crippen molar-refractivity contribution < 1.29 is 4.79 Å². The van der Waals surface area contributed by atoms with Crippen LogP contribution < -0.4 is 0 Å². The van der Waals surface area contributed by atoms with E-state index in [1.807, 2.05) is 47.5 Å². The molecule has 3 aromatic rings. The fraction of sp³-hybridized carbons (Fsp3) is 0.304. The van der Waals surface area contributed by atoms with E-state index >= 15 is 0 Å². The summed E-state index contributed by atoms with van der Waals surface area (Å²) in [7, 11) is 0. The lowest BCUT2D eigenvalue weighted by atomic mass is 9.94. The molecule has 0 N–H and O–H groups in total. The minimum Gasteiger partial charge on any atom is -0.342 e. The minimum absolute atomic E-state index is 0.105. The van der Waals surface area contributed by atoms with Crippen molar-refractivity contribution in [3.8, 4) is 6.07 Å². The van der Waals surface area contributed by atoms with Crippen LogP contribution in [0.4, 0.5) is 0 Å². The molecule has 1 aliphatic heterocycles. The molecule has 4 heteroatoms. The van der Waals surface area contributed by atoms with Crippen LogP contribution in [0, 0.1) is 17.2 Å². The predicted octanol–water partition coefficient (Wildman–Crippen LogP) is 4.46. The summed E-state index contributed by atoms with van der Waals surface area (Å²) in [5.74, 6) is 0.534. The molecule has 136 valence electrons. The van der Waals surface area contributed by atoms with E-state index in [0.29, 0.717) is 12.3 Å². The predicted molar refractivity (Wildman–Crippen MR) is 106 cm³/mol. The molecule has 1 fully saturated rings. The lowest BCUT2D eigenvalue weighted by molar-refractivity contribution is 0.0694. The summed E-state index contributed by atoms with van der Waals surface area (Å²) in [5, 5.41) is 9.89. The van der Waals surface area contributed by atoms with Gasteiger partial charge in [0.05, 0.1) is 11.6 Å². The zero-order valence-electron chi connectivity index (χ0n) is 15.3. The Morgan fingerprint density at radius 2 is 1.74 bits per heavy atom. The van der Waals surface area contributed by atoms with Crippen molar-refractivity contribution in [2.75, 3.05) is 13.1 Å². The van der Waals surface area contributed by atoms with Gasteiger partial charge in [-0.25, -0.2) is 0 Å². The van der Waals surface area contributed by atoms with Gasteiger partial charge in [0.2, 0.25) is 0 Å². The number of carbonyl (C=O) groups excluding carboxylic acids is 1. The summed E-state index contributed by atoms with van der Waals surface area (Å²) in [4.78, 5) is 15.1. The largest absolute Gasteiger partial charge is 0.342 e. The minimum atomic E-state index is 0.105. The topological polar surface area (TPSA) is 49.0 Å². The van der Waals surface area contributed by atoms with Crippen LogP contribution in [-0.2, 0) is 6.54 Å². The maximum atomic E-state index is 13.2. The van der Waals surface area contributed by atoms with Crippen LogP contribution in [0.25, 0.3) is 10.9 Å². The van der Waals surface area contributed by atoms with Gasteiger partial charge in [0, 0.05) is 43.2 Å². The van der Waals surface area contributed by atoms with Crippen LogP contribution in [-0.4, -0.2) is 28.5 Å². The fourth-order valence-corrected chi connectivity index (χ4v) is 3.97. The van der Waals surface area contributed by atoms with E-state index in [4.69, 9.17) is 5.26 Å². The highest BCUT2D eigenvalue weighted by molar-refractivity contribution is 6.07. The van der Waals surface area contributed by atoms with Gasteiger partial charge in [0.25, 0.3) is 5.91 Å². The lowest BCUT2D eigenvalue weighted by Crippen LogP contribution is -2.38. The number of nitrogens with zero attached hydrogens (tertiary/aromatic N) is 3. The van der Waals surface area contributed by atoms with Crippen LogP contribution >= 0.6 is 0 Å². The molecule has 0 aliphatic carbocycles. The Labute approximate surface area is 159 Å². The van der Waals surface area contributed by atoms with Gasteiger partial charge in [0.1, 0.15) is 0 Å². The normalized spacial score (nSPS) is 15.0. The van der Waals surface area contributed by atoms with Gasteiger partial charge >= 0.3 is 0 Å². The van der Waals surface area contributed by atoms with Gasteiger partial charge in [-0.05, 0) is 30.4 Å². The molecule has 0 unspecified atom stereocenters. The Hall–Kier alpha value is -3.06. The van der Waals surface area contributed by atoms with E-state index in [1.165, 1.54) is 5.56 Å². The van der Waals surface area contributed by atoms with Gasteiger partial charge in [-0.1, -0.05) is 48.5 Å². The highest BCUT2D eigenvalue weighted by Gasteiger charge is 2.25. The molecule has 0 atom stereocenters. The van der Waals surface area contributed by atoms with E-state index < -0.39 is 0 Å². The third-order valence-corrected chi connectivity index (χ3v) is 5.50. The van der Waals surface area contributed by atoms with Crippen molar-refractivity contribution in [2.45, 2.75) is 25.8 Å². The molecular formula is C23H23N3O. The van der Waals surface area contributed by atoms with Crippen LogP contribution in [0.3, 0.4) is 0 Å². The molecule has 0 radical (unpaired) electrons. The molecule has 1 aromatic heterocycles. The molecular weight excluding hydrogens is 334 g/mol. The van der Waals surface area contributed by atoms with Crippen LogP contribution in [0.5, 0.6) is 0 Å². The van der Waals surface area contributed by atoms with Gasteiger partial charge < -0.3 is 9.47 Å². The lowest BCUT2D eigenvalue weighted by Gasteiger charge is -2.31. The third-order valence-electron chi connectivity index (χ3n) is 5.50. The fourth-order valence-electron chi connectivity index (χ4n) is 3.97. The first-order valence-corrected chi connectivity index (χ1v) is 9.54. The summed E-state index contributed by atoms with van der Waals surface area (Å²) in [6.07, 6.45) is 4.43. The van der Waals surface area contributed by atoms with Crippen LogP contribution in [0.1, 0.15) is 35.2 Å². The number of likely N-dealkylation sites (tertiary alicyclic amines) is 1. The van der Waals surface area contributed by atoms with Crippen molar-refractivity contribution in [1.29, 1.82) is 5.26 Å². The highest BCUT2D eigenvalue weighted by atomic mass is 16.2. The van der Waals surface area contributed by atoms with Crippen LogP contribution in [0.2, 0.25) is 0 Å². The zero-order chi connectivity index (χ0) is 18.6. The van der Waals surface area contributed by atoms with Gasteiger partial charge in [-0.2, -0.15) is 5.26 Å². The first-order chi connectivity index (χ1) is 13.3. The van der Waals surface area contributed by atoms with Crippen molar-refractivity contribution in [1.82, 2.24) is 9.47 Å². The van der Waals surface area contributed by atoms with Crippen molar-refractivity contribution in [3.05, 3.63) is 71.9 Å². The number of benzene rings is 2. The molecule has 27 heavy (non-hydrogen) atoms. The molecule has 4 nitrogen and oxygen atoms in total. The number of amides is 1. The summed E-state index contributed by atoms with van der Waals surface area (Å²) < 4.78 is 2.17. The Bertz CT molecular complexity index is 976. The van der Waals surface area contributed by atoms with Gasteiger partial charge in [-0.15, -0.1) is 0 Å². The Balaban J connectivity index is 1.60. The van der Waals surface area contributed by atoms with Crippen molar-refractivity contribution in [3.63, 3.8) is 0 Å². The van der Waals surface area contributed by atoms with Gasteiger partial charge in [0.15, 0.2) is 0 Å². The van der Waals surface area contributed by atoms with E-state index in [0.717, 1.165) is 48.9 Å². The first-order valence-electron chi connectivity index (χ1n) is 9.54. The molecule has 0 saturated carbocycles. The maximum Gasteiger partial charge on any atom is 0.256 e. The van der Waals surface area contributed by atoms with E-state index in [-0.39, 0.29) is 5.91 Å². The maximum absolute atomic E-state index is 13.2. The SMILES string of the molecule is N#CCC1CCN(C(=O)c2cn(Cc3ccccc3)c3ccccc23)CC1. The summed E-state index contributed by atoms with van der Waals surface area (Å²) in [6.45, 7) is 2.23. The van der Waals surface area contributed by atoms with Crippen LogP contribution in [0.15, 0.2) is 60.8 Å². The second-order valence-corrected chi connectivity index (χ2v) is 7.27. The number of nitriles is 1. The number of piperidine rings is 1. The molecule has 2 heterocycles. The molecule has 1 aliphatic rings. The van der Waals surface area contributed by atoms with Crippen molar-refractivity contribution >= 4 is 16.8 Å². The number of hydrogen-bond donors (Lipinski definition) is 0. The van der Waals surface area contributed by atoms with Gasteiger partial charge in [-0.3, -0.25) is 4.79 Å². The second kappa shape index (κ2) is 7.67. The number of hydrogen-bond acceptors (Lipinski definition) is 2. The monoisotopic (exact) mass is 357 g/mol. The average molecular weight is 357 g/mol. The smallest absolute Gasteiger partial charge is 0.256 e. The van der Waals surface area contributed by atoms with E-state index in [9.17, 15) is 4.79 Å². The quantitative estimate of drug-likeness (QED) is 0.692. The number of fused-ring (bicyclic) bond motifs is 1.